The van der Waals surface area contributed by atoms with Crippen LogP contribution in [0.15, 0.2) is 24.3 Å². The molecule has 0 saturated carbocycles. The Morgan fingerprint density at radius 1 is 1.47 bits per heavy atom. The summed E-state index contributed by atoms with van der Waals surface area (Å²) in [5, 5.41) is 14.1. The Kier molecular flexibility index (Phi) is 4.78. The van der Waals surface area contributed by atoms with E-state index in [2.05, 4.69) is 5.32 Å². The van der Waals surface area contributed by atoms with Gasteiger partial charge in [-0.2, -0.15) is 0 Å². The maximum absolute atomic E-state index is 11.2. The minimum atomic E-state index is -0.421. The summed E-state index contributed by atoms with van der Waals surface area (Å²) < 4.78 is 0. The zero-order valence-corrected chi connectivity index (χ0v) is 11.8. The number of ketones is 1. The summed E-state index contributed by atoms with van der Waals surface area (Å²) in [5.41, 5.74) is 0.486. The lowest BCUT2D eigenvalue weighted by atomic mass is 9.93. The third-order valence-corrected chi connectivity index (χ3v) is 3.32. The predicted octanol–water partition coefficient (Wildman–Crippen LogP) is 2.64. The van der Waals surface area contributed by atoms with E-state index >= 15 is 0 Å². The standard InChI is InChI=1S/C14H20N2O3/c1-10(11(2)17)9-15-14(3,4)12-6-5-7-13(8-12)16(18)19/h5-8,10,15H,9H2,1-4H3. The lowest BCUT2D eigenvalue weighted by Crippen LogP contribution is -2.40. The Balaban J connectivity index is 2.84. The van der Waals surface area contributed by atoms with Crippen molar-refractivity contribution in [1.29, 1.82) is 0 Å². The van der Waals surface area contributed by atoms with Crippen LogP contribution in [0.1, 0.15) is 33.3 Å². The fourth-order valence-electron chi connectivity index (χ4n) is 1.66. The summed E-state index contributed by atoms with van der Waals surface area (Å²) in [4.78, 5) is 21.6. The fraction of sp³-hybridized carbons (Fsp3) is 0.500. The second-order valence-corrected chi connectivity index (χ2v) is 5.33. The van der Waals surface area contributed by atoms with Gasteiger partial charge in [0.25, 0.3) is 5.69 Å². The molecule has 1 atom stereocenters. The van der Waals surface area contributed by atoms with E-state index in [1.807, 2.05) is 26.8 Å². The summed E-state index contributed by atoms with van der Waals surface area (Å²) >= 11 is 0. The van der Waals surface area contributed by atoms with Crippen molar-refractivity contribution in [2.75, 3.05) is 6.54 Å². The molecule has 5 nitrogen and oxygen atoms in total. The van der Waals surface area contributed by atoms with Crippen molar-refractivity contribution in [3.8, 4) is 0 Å². The van der Waals surface area contributed by atoms with Crippen molar-refractivity contribution in [3.63, 3.8) is 0 Å². The minimum absolute atomic E-state index is 0.0713. The highest BCUT2D eigenvalue weighted by Gasteiger charge is 2.23. The quantitative estimate of drug-likeness (QED) is 0.633. The van der Waals surface area contributed by atoms with Gasteiger partial charge in [0.05, 0.1) is 4.92 Å². The third kappa shape index (κ3) is 4.13. The molecule has 0 aliphatic rings. The smallest absolute Gasteiger partial charge is 0.269 e. The summed E-state index contributed by atoms with van der Waals surface area (Å²) in [5.74, 6) is 0.0558. The van der Waals surface area contributed by atoms with Crippen molar-refractivity contribution >= 4 is 11.5 Å². The largest absolute Gasteiger partial charge is 0.307 e. The van der Waals surface area contributed by atoms with E-state index in [0.717, 1.165) is 5.56 Å². The molecule has 0 saturated heterocycles. The molecule has 0 aliphatic carbocycles. The predicted molar refractivity (Wildman–Crippen MR) is 74.0 cm³/mol. The van der Waals surface area contributed by atoms with Crippen LogP contribution in [0.4, 0.5) is 5.69 Å². The molecule has 0 amide bonds. The lowest BCUT2D eigenvalue weighted by molar-refractivity contribution is -0.385. The Bertz CT molecular complexity index is 483. The van der Waals surface area contributed by atoms with Crippen LogP contribution in [0.5, 0.6) is 0 Å². The van der Waals surface area contributed by atoms with Gasteiger partial charge in [-0.1, -0.05) is 19.1 Å². The van der Waals surface area contributed by atoms with E-state index in [1.54, 1.807) is 19.1 Å². The number of carbonyl (C=O) groups is 1. The summed E-state index contributed by atoms with van der Waals surface area (Å²) in [7, 11) is 0. The molecule has 104 valence electrons. The molecule has 0 aromatic heterocycles. The van der Waals surface area contributed by atoms with Gasteiger partial charge in [0.15, 0.2) is 0 Å². The maximum Gasteiger partial charge on any atom is 0.269 e. The third-order valence-electron chi connectivity index (χ3n) is 3.32. The summed E-state index contributed by atoms with van der Waals surface area (Å²) in [6.45, 7) is 7.86. The Hall–Kier alpha value is -1.75. The second-order valence-electron chi connectivity index (χ2n) is 5.33. The molecule has 1 unspecified atom stereocenters. The van der Waals surface area contributed by atoms with Crippen LogP contribution in [0, 0.1) is 16.0 Å². The number of hydrogen-bond donors (Lipinski definition) is 1. The molecule has 19 heavy (non-hydrogen) atoms. The van der Waals surface area contributed by atoms with Crippen LogP contribution in [0.3, 0.4) is 0 Å². The molecule has 0 aliphatic heterocycles. The normalized spacial score (nSPS) is 13.1. The van der Waals surface area contributed by atoms with E-state index in [0.29, 0.717) is 6.54 Å². The Labute approximate surface area is 113 Å². The molecule has 5 heteroatoms. The number of hydrogen-bond acceptors (Lipinski definition) is 4. The SMILES string of the molecule is CC(=O)C(C)CNC(C)(C)c1cccc([N+](=O)[O-])c1. The van der Waals surface area contributed by atoms with Crippen molar-refractivity contribution in [1.82, 2.24) is 5.32 Å². The molecule has 1 N–H and O–H groups in total. The molecule has 0 spiro atoms. The lowest BCUT2D eigenvalue weighted by Gasteiger charge is -2.28. The Morgan fingerprint density at radius 2 is 2.11 bits per heavy atom. The number of nitrogens with one attached hydrogen (secondary N) is 1. The molecule has 0 fully saturated rings. The highest BCUT2D eigenvalue weighted by atomic mass is 16.6. The van der Waals surface area contributed by atoms with Gasteiger partial charge in [-0.15, -0.1) is 0 Å². The van der Waals surface area contributed by atoms with E-state index in [4.69, 9.17) is 0 Å². The molecule has 0 radical (unpaired) electrons. The molecule has 1 aromatic rings. The number of nitrogens with zero attached hydrogens (tertiary/aromatic N) is 1. The van der Waals surface area contributed by atoms with Gasteiger partial charge < -0.3 is 5.32 Å². The monoisotopic (exact) mass is 264 g/mol. The van der Waals surface area contributed by atoms with Crippen LogP contribution in [0.25, 0.3) is 0 Å². The topological polar surface area (TPSA) is 72.2 Å². The molecule has 1 aromatic carbocycles. The van der Waals surface area contributed by atoms with E-state index in [1.165, 1.54) is 6.07 Å². The fourth-order valence-corrected chi connectivity index (χ4v) is 1.66. The number of carbonyl (C=O) groups excluding carboxylic acids is 1. The van der Waals surface area contributed by atoms with Gasteiger partial charge in [-0.25, -0.2) is 0 Å². The second kappa shape index (κ2) is 5.93. The Morgan fingerprint density at radius 3 is 2.63 bits per heavy atom. The first-order chi connectivity index (χ1) is 8.74. The molecular weight excluding hydrogens is 244 g/mol. The van der Waals surface area contributed by atoms with Crippen LogP contribution >= 0.6 is 0 Å². The summed E-state index contributed by atoms with van der Waals surface area (Å²) in [6.07, 6.45) is 0. The zero-order chi connectivity index (χ0) is 14.6. The first-order valence-electron chi connectivity index (χ1n) is 6.24. The average molecular weight is 264 g/mol. The number of nitro groups is 1. The maximum atomic E-state index is 11.2. The summed E-state index contributed by atoms with van der Waals surface area (Å²) in [6, 6.07) is 6.55. The highest BCUT2D eigenvalue weighted by Crippen LogP contribution is 2.24. The number of nitro benzene ring substituents is 1. The minimum Gasteiger partial charge on any atom is -0.307 e. The number of Topliss-reactive ketones (excluding diaryl/α,β-unsaturated/α-hetero) is 1. The van der Waals surface area contributed by atoms with Crippen LogP contribution < -0.4 is 5.32 Å². The first-order valence-corrected chi connectivity index (χ1v) is 6.24. The van der Waals surface area contributed by atoms with Crippen molar-refractivity contribution in [3.05, 3.63) is 39.9 Å². The van der Waals surface area contributed by atoms with E-state index in [-0.39, 0.29) is 17.4 Å². The van der Waals surface area contributed by atoms with Crippen LogP contribution in [-0.4, -0.2) is 17.3 Å². The molecule has 0 heterocycles. The molecular formula is C14H20N2O3. The van der Waals surface area contributed by atoms with Gasteiger partial charge >= 0.3 is 0 Å². The van der Waals surface area contributed by atoms with E-state index in [9.17, 15) is 14.9 Å². The van der Waals surface area contributed by atoms with Crippen molar-refractivity contribution in [2.24, 2.45) is 5.92 Å². The van der Waals surface area contributed by atoms with Crippen molar-refractivity contribution in [2.45, 2.75) is 33.2 Å². The molecule has 0 bridgehead atoms. The average Bonchev–Trinajstić information content (AvgIpc) is 2.36. The highest BCUT2D eigenvalue weighted by molar-refractivity contribution is 5.78. The van der Waals surface area contributed by atoms with Crippen LogP contribution in [0.2, 0.25) is 0 Å². The van der Waals surface area contributed by atoms with Gasteiger partial charge in [0, 0.05) is 30.1 Å². The number of non-ortho nitro benzene ring substituents is 1. The zero-order valence-electron chi connectivity index (χ0n) is 11.8. The van der Waals surface area contributed by atoms with Crippen LogP contribution in [-0.2, 0) is 10.3 Å². The van der Waals surface area contributed by atoms with E-state index < -0.39 is 10.5 Å². The first kappa shape index (κ1) is 15.3. The number of benzene rings is 1. The van der Waals surface area contributed by atoms with Gasteiger partial charge in [0.1, 0.15) is 5.78 Å². The number of rotatable bonds is 6. The van der Waals surface area contributed by atoms with Gasteiger partial charge in [0.2, 0.25) is 0 Å². The van der Waals surface area contributed by atoms with Gasteiger partial charge in [-0.3, -0.25) is 14.9 Å². The van der Waals surface area contributed by atoms with Crippen molar-refractivity contribution < 1.29 is 9.72 Å². The molecule has 1 rings (SSSR count). The van der Waals surface area contributed by atoms with Gasteiger partial charge in [-0.05, 0) is 26.3 Å².